The number of nitrogens with two attached hydrogens (primary N) is 1. The van der Waals surface area contributed by atoms with Gasteiger partial charge in [-0.05, 0) is 212 Å². The molecule has 5 aromatic carbocycles. The molecular formula is C98H104Cl2F5N6NaO25. The number of aromatic nitrogens is 5. The van der Waals surface area contributed by atoms with Gasteiger partial charge in [-0.3, -0.25) is 47.9 Å². The zero-order valence-corrected chi connectivity index (χ0v) is 81.5. The van der Waals surface area contributed by atoms with Gasteiger partial charge in [0.25, 0.3) is 0 Å². The van der Waals surface area contributed by atoms with E-state index in [4.69, 9.17) is 41.4 Å². The summed E-state index contributed by atoms with van der Waals surface area (Å²) in [6.07, 6.45) is 8.06. The van der Waals surface area contributed by atoms with Crippen molar-refractivity contribution >= 4 is 100 Å². The number of halogens is 7. The Balaban J connectivity index is 0.000000555. The van der Waals surface area contributed by atoms with Gasteiger partial charge in [0, 0.05) is 103 Å². The van der Waals surface area contributed by atoms with Crippen molar-refractivity contribution in [3.05, 3.63) is 240 Å². The number of carbonyl (C=O) groups excluding carboxylic acids is 12. The van der Waals surface area contributed by atoms with Gasteiger partial charge in [-0.25, -0.2) is 56.5 Å². The molecule has 0 bridgehead atoms. The normalized spacial score (nSPS) is 11.0. The van der Waals surface area contributed by atoms with E-state index in [1.807, 2.05) is 0 Å². The van der Waals surface area contributed by atoms with Crippen LogP contribution >= 0.6 is 24.0 Å². The van der Waals surface area contributed by atoms with Crippen LogP contribution in [0.15, 0.2) is 183 Å². The number of esters is 7. The first-order valence-electron chi connectivity index (χ1n) is 41.0. The summed E-state index contributed by atoms with van der Waals surface area (Å²) in [7, 11) is 3.76. The zero-order valence-electron chi connectivity index (χ0n) is 78.0. The fraction of sp³-hybridized carbons (Fsp3) is 0.306. The SMILES string of the molecule is C1CCOC1.CC(C)(C)C(=O)Cl.CC(C)(C)C(=O)OC(=O)c1ncc(-c2cccc(F)c2)cc1OC(=O)C(C)(C)C.COC(=O)CCC(=O)c1ncc(-c2cccc(F)c2)cc1O.COC(=O)CCC(=O)c1ncc(-c2cccc(F)c2)cc1OC(=O)C(C)(C)C.COC(=O)CN.Cl.O=C(O)c1ncc(-c2cccc(F)c2)cc1O.O=C([O-])CCC(=O)c1ncc(-c2cccc(F)c2)cc1O.[Na+]. The molecule has 0 aliphatic carbocycles. The summed E-state index contributed by atoms with van der Waals surface area (Å²) >= 11 is 5.11. The van der Waals surface area contributed by atoms with Crippen LogP contribution < -0.4 is 49.9 Å². The van der Waals surface area contributed by atoms with Crippen LogP contribution in [0.5, 0.6) is 28.7 Å². The van der Waals surface area contributed by atoms with Gasteiger partial charge in [0.15, 0.2) is 40.2 Å². The Morgan fingerprint density at radius 3 is 0.898 bits per heavy atom. The van der Waals surface area contributed by atoms with Crippen LogP contribution in [0.1, 0.15) is 187 Å². The number of carboxylic acid groups (broad SMARTS) is 2. The summed E-state index contributed by atoms with van der Waals surface area (Å²) in [6.45, 7) is 22.1. The van der Waals surface area contributed by atoms with Crippen molar-refractivity contribution in [2.75, 3.05) is 41.1 Å². The summed E-state index contributed by atoms with van der Waals surface area (Å²) in [4.78, 5) is 168. The number of methoxy groups -OCH3 is 3. The number of rotatable bonds is 22. The molecule has 0 radical (unpaired) electrons. The summed E-state index contributed by atoms with van der Waals surface area (Å²) in [5.41, 5.74) is 5.60. The molecule has 6 N–H and O–H groups in total. The molecule has 0 unspecified atom stereocenters. The second-order valence-electron chi connectivity index (χ2n) is 32.9. The molecule has 5 aromatic heterocycles. The van der Waals surface area contributed by atoms with Crippen LogP contribution in [0, 0.1) is 50.7 Å². The molecule has 39 heteroatoms. The summed E-state index contributed by atoms with van der Waals surface area (Å²) in [6, 6.07) is 35.6. The Labute approximate surface area is 820 Å². The van der Waals surface area contributed by atoms with Crippen LogP contribution in [-0.2, 0) is 62.0 Å². The number of hydrogen-bond donors (Lipinski definition) is 5. The molecule has 0 saturated carbocycles. The van der Waals surface area contributed by atoms with Crippen molar-refractivity contribution in [1.29, 1.82) is 0 Å². The molecular weight excluding hydrogens is 1850 g/mol. The molecule has 726 valence electrons. The van der Waals surface area contributed by atoms with E-state index in [1.54, 1.807) is 119 Å². The first-order chi connectivity index (χ1) is 63.2. The molecule has 1 aliphatic heterocycles. The van der Waals surface area contributed by atoms with Gasteiger partial charge in [-0.2, -0.15) is 0 Å². The van der Waals surface area contributed by atoms with Crippen LogP contribution in [0.3, 0.4) is 0 Å². The minimum atomic E-state index is -1.35. The van der Waals surface area contributed by atoms with E-state index < -0.39 is 128 Å². The number of ketones is 3. The van der Waals surface area contributed by atoms with Crippen LogP contribution in [0.2, 0.25) is 0 Å². The maximum Gasteiger partial charge on any atom is 1.00 e. The van der Waals surface area contributed by atoms with Crippen LogP contribution in [-0.4, -0.2) is 163 Å². The van der Waals surface area contributed by atoms with Crippen LogP contribution in [0.4, 0.5) is 22.0 Å². The summed E-state index contributed by atoms with van der Waals surface area (Å²) in [5.74, 6) is -12.0. The third-order valence-corrected chi connectivity index (χ3v) is 18.2. The van der Waals surface area contributed by atoms with E-state index in [1.165, 1.54) is 180 Å². The number of aromatic carboxylic acids is 1. The van der Waals surface area contributed by atoms with Crippen LogP contribution in [0.25, 0.3) is 55.6 Å². The van der Waals surface area contributed by atoms with E-state index in [-0.39, 0.29) is 143 Å². The molecule has 11 rings (SSSR count). The molecule has 0 atom stereocenters. The Morgan fingerprint density at radius 1 is 0.387 bits per heavy atom. The number of pyridine rings is 5. The number of carbonyl (C=O) groups is 13. The molecule has 6 heterocycles. The van der Waals surface area contributed by atoms with Gasteiger partial charge in [0.2, 0.25) is 5.24 Å². The van der Waals surface area contributed by atoms with Crippen molar-refractivity contribution in [3.8, 4) is 84.4 Å². The first kappa shape index (κ1) is 120. The van der Waals surface area contributed by atoms with Crippen molar-refractivity contribution in [2.24, 2.45) is 27.4 Å². The Kier molecular flexibility index (Phi) is 50.1. The molecule has 1 saturated heterocycles. The number of Topliss-reactive ketones (excluding diaryl/α,β-unsaturated/α-hetero) is 3. The fourth-order valence-corrected chi connectivity index (χ4v) is 10.1. The van der Waals surface area contributed by atoms with Gasteiger partial charge in [0.1, 0.15) is 63.4 Å². The first-order valence-corrected chi connectivity index (χ1v) is 41.4. The minimum absolute atomic E-state index is 0. The maximum atomic E-state index is 13.6. The molecule has 0 spiro atoms. The molecule has 137 heavy (non-hydrogen) atoms. The molecule has 1 aliphatic rings. The minimum Gasteiger partial charge on any atom is -0.550 e. The van der Waals surface area contributed by atoms with E-state index in [9.17, 15) is 105 Å². The van der Waals surface area contributed by atoms with Gasteiger partial charge >= 0.3 is 77.3 Å². The van der Waals surface area contributed by atoms with Crippen molar-refractivity contribution in [3.63, 3.8) is 0 Å². The van der Waals surface area contributed by atoms with E-state index in [0.717, 1.165) is 13.2 Å². The summed E-state index contributed by atoms with van der Waals surface area (Å²) in [5, 5.41) is 47.9. The monoisotopic (exact) mass is 1950 g/mol. The second kappa shape index (κ2) is 57.4. The standard InChI is InChI=1S/C22H24FNO5.C21H22FNO5.C16H14FNO4.C15H12FNO4.C12H8FNO3.C5H9ClO.C4H8O.C3H7NO2.ClH.Na/c1-21(2,3)19(26)28-16-11-14(13-8-7-9-15(23)10-13)12-24-17(16)18(25)29-20(27)22(4,5)6;1-21(2,3)20(26)28-17-11-14(13-6-5-7-15(22)10-13)12-23-19(17)16(24)8-9-18(25)27-4;1-22-15(21)6-5-13(19)16-14(20)8-11(9-18-16)10-3-2-4-12(17)7-10;16-11-3-1-2-9(6-11)10-7-13(19)15(17-8-10)12(18)4-5-14(20)21;13-9-3-1-2-7(4-9)8-5-10(15)11(12(16)17)14-6-8;1-5(2,3)4(6)7;1-2-4-5-3-1;1-6-3(5)2-4;;/h7-12H,1-6H3;5-7,10-12H,8-9H2,1-4H3;2-4,7-9,20H,5-6H2,1H3;1-3,6-8,19H,4-5H2,(H,20,21);1-6,15H,(H,16,17);1-3H3;1-4H2;2,4H2,1H3;1H;/q;;;;;;;;;+1/p-1. The van der Waals surface area contributed by atoms with Gasteiger partial charge in [-0.1, -0.05) is 81.4 Å². The second-order valence-corrected chi connectivity index (χ2v) is 33.2. The van der Waals surface area contributed by atoms with E-state index in [2.05, 4.69) is 39.1 Å². The maximum absolute atomic E-state index is 13.6. The number of aliphatic carboxylic acids is 1. The molecule has 31 nitrogen and oxygen atoms in total. The summed E-state index contributed by atoms with van der Waals surface area (Å²) < 4.78 is 100. The number of benzene rings is 5. The topological polar surface area (TPSA) is 481 Å². The Bertz CT molecular complexity index is 5870. The largest absolute Gasteiger partial charge is 1.00 e. The van der Waals surface area contributed by atoms with E-state index in [0.29, 0.717) is 55.6 Å². The third-order valence-electron chi connectivity index (χ3n) is 17.6. The smallest absolute Gasteiger partial charge is 0.550 e. The number of ether oxygens (including phenoxy) is 7. The Morgan fingerprint density at radius 2 is 0.657 bits per heavy atom. The van der Waals surface area contributed by atoms with Crippen molar-refractivity contribution in [1.82, 2.24) is 24.9 Å². The molecule has 1 fully saturated rings. The quantitative estimate of drug-likeness (QED) is 0.00800. The van der Waals surface area contributed by atoms with Crippen molar-refractivity contribution in [2.45, 2.75) is 134 Å². The predicted molar refractivity (Wildman–Crippen MR) is 489 cm³/mol. The van der Waals surface area contributed by atoms with Gasteiger partial charge in [0.05, 0.1) is 57.0 Å². The Hall–Kier alpha value is -13.5. The number of nitrogens with zero attached hydrogens (tertiary/aromatic N) is 5. The predicted octanol–water partition coefficient (Wildman–Crippen LogP) is 14.0. The number of carboxylic acids is 2. The molecule has 0 amide bonds. The zero-order chi connectivity index (χ0) is 101. The number of hydrogen-bond acceptors (Lipinski definition) is 30. The fourth-order valence-electron chi connectivity index (χ4n) is 10.1. The average Bonchev–Trinajstić information content (AvgIpc) is 1.13. The van der Waals surface area contributed by atoms with E-state index >= 15 is 0 Å². The molecule has 10 aromatic rings. The van der Waals surface area contributed by atoms with Gasteiger partial charge < -0.3 is 69.2 Å². The van der Waals surface area contributed by atoms with Crippen molar-refractivity contribution < 1.29 is 173 Å². The average molecular weight is 1950 g/mol. The number of aromatic hydroxyl groups is 3. The third kappa shape index (κ3) is 42.1. The van der Waals surface area contributed by atoms with Gasteiger partial charge in [-0.15, -0.1) is 12.4 Å².